The van der Waals surface area contributed by atoms with Gasteiger partial charge in [-0.05, 0) is 34.6 Å². The molecular formula is C12H22N2O3. The van der Waals surface area contributed by atoms with Gasteiger partial charge in [0.1, 0.15) is 11.6 Å². The Morgan fingerprint density at radius 2 is 2.18 bits per heavy atom. The first-order valence-corrected chi connectivity index (χ1v) is 6.02. The maximum absolute atomic E-state index is 12.0. The Morgan fingerprint density at radius 3 is 2.71 bits per heavy atom. The molecule has 0 saturated heterocycles. The molecule has 1 atom stereocenters. The minimum atomic E-state index is -0.475. The Bertz CT molecular complexity index is 307. The minimum absolute atomic E-state index is 0.154. The van der Waals surface area contributed by atoms with Gasteiger partial charge < -0.3 is 9.47 Å². The fourth-order valence-electron chi connectivity index (χ4n) is 1.61. The molecule has 0 aromatic heterocycles. The molecular weight excluding hydrogens is 220 g/mol. The third kappa shape index (κ3) is 3.91. The molecule has 0 N–H and O–H groups in total. The normalized spacial score (nSPS) is 20.9. The van der Waals surface area contributed by atoms with E-state index in [0.29, 0.717) is 25.6 Å². The van der Waals surface area contributed by atoms with Crippen molar-refractivity contribution in [1.82, 2.24) is 4.90 Å². The van der Waals surface area contributed by atoms with Crippen LogP contribution in [0.3, 0.4) is 0 Å². The van der Waals surface area contributed by atoms with E-state index in [1.165, 1.54) is 0 Å². The zero-order valence-electron chi connectivity index (χ0n) is 11.3. The maximum atomic E-state index is 12.0. The van der Waals surface area contributed by atoms with Crippen molar-refractivity contribution in [3.05, 3.63) is 0 Å². The Hall–Kier alpha value is -1.26. The average molecular weight is 242 g/mol. The van der Waals surface area contributed by atoms with Gasteiger partial charge in [-0.2, -0.15) is 0 Å². The van der Waals surface area contributed by atoms with E-state index in [1.54, 1.807) is 4.90 Å². The number of aliphatic imine (C=N–C) groups is 1. The molecule has 0 saturated carbocycles. The highest BCUT2D eigenvalue weighted by Gasteiger charge is 2.31. The summed E-state index contributed by atoms with van der Waals surface area (Å²) in [7, 11) is 0. The van der Waals surface area contributed by atoms with Crippen molar-refractivity contribution in [3.63, 3.8) is 0 Å². The number of ether oxygens (including phenoxy) is 2. The van der Waals surface area contributed by atoms with Crippen LogP contribution in [-0.4, -0.2) is 48.2 Å². The highest BCUT2D eigenvalue weighted by Crippen LogP contribution is 2.15. The van der Waals surface area contributed by atoms with E-state index >= 15 is 0 Å². The predicted octanol–water partition coefficient (Wildman–Crippen LogP) is 2.06. The fraction of sp³-hybridized carbons (Fsp3) is 0.833. The van der Waals surface area contributed by atoms with Crippen molar-refractivity contribution < 1.29 is 14.3 Å². The lowest BCUT2D eigenvalue weighted by atomic mass is 10.2. The lowest BCUT2D eigenvalue weighted by molar-refractivity contribution is 0.0201. The van der Waals surface area contributed by atoms with Crippen LogP contribution in [0, 0.1) is 0 Å². The number of nitrogens with zero attached hydrogens (tertiary/aromatic N) is 2. The van der Waals surface area contributed by atoms with Gasteiger partial charge in [-0.25, -0.2) is 4.79 Å². The third-order valence-corrected chi connectivity index (χ3v) is 2.35. The molecule has 17 heavy (non-hydrogen) atoms. The van der Waals surface area contributed by atoms with Crippen LogP contribution in [-0.2, 0) is 9.47 Å². The Kier molecular flexibility index (Phi) is 4.37. The lowest BCUT2D eigenvalue weighted by Gasteiger charge is -2.34. The van der Waals surface area contributed by atoms with E-state index in [1.807, 2.05) is 34.6 Å². The largest absolute Gasteiger partial charge is 0.480 e. The number of hydrogen-bond acceptors (Lipinski definition) is 4. The molecule has 1 heterocycles. The number of carbonyl (C=O) groups excluding carboxylic acids is 1. The Balaban J connectivity index is 2.67. The Labute approximate surface area is 103 Å². The first kappa shape index (κ1) is 13.8. The van der Waals surface area contributed by atoms with Gasteiger partial charge in [0.15, 0.2) is 0 Å². The van der Waals surface area contributed by atoms with Crippen molar-refractivity contribution in [3.8, 4) is 0 Å². The van der Waals surface area contributed by atoms with Gasteiger partial charge in [0.25, 0.3) is 0 Å². The number of carbonyl (C=O) groups is 1. The quantitative estimate of drug-likeness (QED) is 0.707. The van der Waals surface area contributed by atoms with Crippen LogP contribution in [0.4, 0.5) is 4.79 Å². The Morgan fingerprint density at radius 1 is 1.53 bits per heavy atom. The van der Waals surface area contributed by atoms with Gasteiger partial charge >= 0.3 is 6.09 Å². The summed E-state index contributed by atoms with van der Waals surface area (Å²) in [6.45, 7) is 11.1. The van der Waals surface area contributed by atoms with E-state index in [0.717, 1.165) is 0 Å². The zero-order valence-corrected chi connectivity index (χ0v) is 11.3. The second-order valence-electron chi connectivity index (χ2n) is 5.00. The molecule has 5 heteroatoms. The average Bonchev–Trinajstić information content (AvgIpc) is 2.18. The molecule has 0 unspecified atom stereocenters. The van der Waals surface area contributed by atoms with Crippen LogP contribution < -0.4 is 0 Å². The summed E-state index contributed by atoms with van der Waals surface area (Å²) in [6.07, 6.45) is -0.308. The fourth-order valence-corrected chi connectivity index (χ4v) is 1.61. The summed E-state index contributed by atoms with van der Waals surface area (Å²) in [6, 6.07) is -0.154. The van der Waals surface area contributed by atoms with E-state index in [2.05, 4.69) is 4.99 Å². The summed E-state index contributed by atoms with van der Waals surface area (Å²) in [4.78, 5) is 17.9. The van der Waals surface area contributed by atoms with Gasteiger partial charge in [-0.3, -0.25) is 9.89 Å². The van der Waals surface area contributed by atoms with Crippen LogP contribution in [0.1, 0.15) is 34.6 Å². The standard InChI is InChI=1S/C12H22N2O3/c1-6-16-10-9(2)14(8-7-13-10)11(15)17-12(3,4)5/h9H,6-8H2,1-5H3/t9-/m0/s1. The summed E-state index contributed by atoms with van der Waals surface area (Å²) < 4.78 is 10.8. The summed E-state index contributed by atoms with van der Waals surface area (Å²) in [5.41, 5.74) is -0.475. The molecule has 1 aliphatic heterocycles. The molecule has 0 spiro atoms. The first-order chi connectivity index (χ1) is 7.85. The van der Waals surface area contributed by atoms with E-state index in [4.69, 9.17) is 9.47 Å². The number of amides is 1. The molecule has 1 aliphatic rings. The maximum Gasteiger partial charge on any atom is 0.411 e. The second-order valence-corrected chi connectivity index (χ2v) is 5.00. The SMILES string of the molecule is CCOC1=NCCN(C(=O)OC(C)(C)C)[C@H]1C. The molecule has 1 rings (SSSR count). The zero-order chi connectivity index (χ0) is 13.1. The van der Waals surface area contributed by atoms with E-state index in [-0.39, 0.29) is 12.1 Å². The minimum Gasteiger partial charge on any atom is -0.480 e. The summed E-state index contributed by atoms with van der Waals surface area (Å²) >= 11 is 0. The molecule has 0 fully saturated rings. The molecule has 0 aliphatic carbocycles. The second kappa shape index (κ2) is 5.38. The highest BCUT2D eigenvalue weighted by molar-refractivity contribution is 5.86. The molecule has 1 amide bonds. The van der Waals surface area contributed by atoms with Crippen molar-refractivity contribution in [2.45, 2.75) is 46.3 Å². The van der Waals surface area contributed by atoms with Crippen LogP contribution in [0.15, 0.2) is 4.99 Å². The highest BCUT2D eigenvalue weighted by atomic mass is 16.6. The first-order valence-electron chi connectivity index (χ1n) is 6.02. The molecule has 0 aromatic rings. The summed E-state index contributed by atoms with van der Waals surface area (Å²) in [5, 5.41) is 0. The van der Waals surface area contributed by atoms with Crippen molar-refractivity contribution in [1.29, 1.82) is 0 Å². The monoisotopic (exact) mass is 242 g/mol. The molecule has 98 valence electrons. The van der Waals surface area contributed by atoms with Crippen LogP contribution >= 0.6 is 0 Å². The van der Waals surface area contributed by atoms with Crippen molar-refractivity contribution >= 4 is 12.0 Å². The van der Waals surface area contributed by atoms with Gasteiger partial charge in [0, 0.05) is 6.54 Å². The molecule has 5 nitrogen and oxygen atoms in total. The van der Waals surface area contributed by atoms with E-state index in [9.17, 15) is 4.79 Å². The van der Waals surface area contributed by atoms with Crippen molar-refractivity contribution in [2.24, 2.45) is 4.99 Å². The van der Waals surface area contributed by atoms with Crippen molar-refractivity contribution in [2.75, 3.05) is 19.7 Å². The lowest BCUT2D eigenvalue weighted by Crippen LogP contribution is -2.50. The van der Waals surface area contributed by atoms with Crippen LogP contribution in [0.2, 0.25) is 0 Å². The topological polar surface area (TPSA) is 51.1 Å². The van der Waals surface area contributed by atoms with Gasteiger partial charge in [0.05, 0.1) is 13.2 Å². The molecule has 0 bridgehead atoms. The summed E-state index contributed by atoms with van der Waals surface area (Å²) in [5.74, 6) is 0.615. The number of rotatable bonds is 1. The van der Waals surface area contributed by atoms with Crippen LogP contribution in [0.25, 0.3) is 0 Å². The van der Waals surface area contributed by atoms with Gasteiger partial charge in [-0.15, -0.1) is 0 Å². The number of hydrogen-bond donors (Lipinski definition) is 0. The van der Waals surface area contributed by atoms with Crippen LogP contribution in [0.5, 0.6) is 0 Å². The molecule has 0 aromatic carbocycles. The van der Waals surface area contributed by atoms with E-state index < -0.39 is 5.60 Å². The smallest absolute Gasteiger partial charge is 0.411 e. The predicted molar refractivity (Wildman–Crippen MR) is 66.3 cm³/mol. The third-order valence-electron chi connectivity index (χ3n) is 2.35. The van der Waals surface area contributed by atoms with Gasteiger partial charge in [-0.1, -0.05) is 0 Å². The van der Waals surface area contributed by atoms with Gasteiger partial charge in [0.2, 0.25) is 5.90 Å². The molecule has 0 radical (unpaired) electrons.